The highest BCUT2D eigenvalue weighted by atomic mass is 32.2. The molecule has 3 heteroatoms. The van der Waals surface area contributed by atoms with Crippen LogP contribution in [-0.4, -0.2) is 25.2 Å². The fraction of sp³-hybridized carbons (Fsp3) is 0.500. The summed E-state index contributed by atoms with van der Waals surface area (Å²) in [5.74, 6) is 0. The molecule has 0 aliphatic heterocycles. The fourth-order valence-corrected chi connectivity index (χ4v) is 1.03. The monoisotopic (exact) mass is 170 g/mol. The second-order valence-corrected chi connectivity index (χ2v) is 2.64. The minimum atomic E-state index is 0.947. The summed E-state index contributed by atoms with van der Waals surface area (Å²) < 4.78 is 0. The third kappa shape index (κ3) is 3.98. The number of hydrogen-bond donors (Lipinski definition) is 0. The minimum absolute atomic E-state index is 0.947. The van der Waals surface area contributed by atoms with E-state index in [1.165, 1.54) is 0 Å². The SMILES string of the molecule is CC=NC(=CSC)C(C)=NC. The molecule has 0 atom stereocenters. The average molecular weight is 170 g/mol. The molecular formula is C8H14N2S. The highest BCUT2D eigenvalue weighted by Crippen LogP contribution is 2.06. The zero-order chi connectivity index (χ0) is 8.69. The lowest BCUT2D eigenvalue weighted by molar-refractivity contribution is 1.36. The molecule has 0 saturated carbocycles. The van der Waals surface area contributed by atoms with Crippen LogP contribution in [0.5, 0.6) is 0 Å². The van der Waals surface area contributed by atoms with E-state index in [0.29, 0.717) is 0 Å². The summed E-state index contributed by atoms with van der Waals surface area (Å²) in [7, 11) is 1.77. The molecule has 62 valence electrons. The van der Waals surface area contributed by atoms with Gasteiger partial charge in [-0.2, -0.15) is 0 Å². The van der Waals surface area contributed by atoms with Crippen molar-refractivity contribution in [1.82, 2.24) is 0 Å². The van der Waals surface area contributed by atoms with E-state index < -0.39 is 0 Å². The van der Waals surface area contributed by atoms with Gasteiger partial charge in [0.2, 0.25) is 0 Å². The van der Waals surface area contributed by atoms with Gasteiger partial charge in [0.05, 0.1) is 11.4 Å². The number of allylic oxidation sites excluding steroid dienone is 1. The van der Waals surface area contributed by atoms with Crippen LogP contribution in [0, 0.1) is 0 Å². The zero-order valence-corrected chi connectivity index (χ0v) is 8.27. The topological polar surface area (TPSA) is 24.7 Å². The van der Waals surface area contributed by atoms with Crippen molar-refractivity contribution in [3.63, 3.8) is 0 Å². The second kappa shape index (κ2) is 6.16. The van der Waals surface area contributed by atoms with Gasteiger partial charge >= 0.3 is 0 Å². The summed E-state index contributed by atoms with van der Waals surface area (Å²) in [6.45, 7) is 3.85. The first-order valence-electron chi connectivity index (χ1n) is 3.41. The van der Waals surface area contributed by atoms with Crippen molar-refractivity contribution >= 4 is 23.7 Å². The largest absolute Gasteiger partial charge is 0.291 e. The van der Waals surface area contributed by atoms with Crippen molar-refractivity contribution < 1.29 is 0 Å². The number of rotatable bonds is 3. The Morgan fingerprint density at radius 1 is 1.45 bits per heavy atom. The Morgan fingerprint density at radius 2 is 2.09 bits per heavy atom. The van der Waals surface area contributed by atoms with Crippen molar-refractivity contribution in [2.75, 3.05) is 13.3 Å². The summed E-state index contributed by atoms with van der Waals surface area (Å²) in [5.41, 5.74) is 1.92. The highest BCUT2D eigenvalue weighted by molar-refractivity contribution is 8.01. The smallest absolute Gasteiger partial charge is 0.0895 e. The van der Waals surface area contributed by atoms with E-state index in [2.05, 4.69) is 9.98 Å². The molecule has 0 aromatic rings. The van der Waals surface area contributed by atoms with E-state index in [4.69, 9.17) is 0 Å². The Bertz CT molecular complexity index is 192. The highest BCUT2D eigenvalue weighted by Gasteiger charge is 1.95. The minimum Gasteiger partial charge on any atom is -0.291 e. The Kier molecular flexibility index (Phi) is 5.84. The molecule has 0 heterocycles. The maximum atomic E-state index is 4.17. The van der Waals surface area contributed by atoms with Crippen LogP contribution in [0.2, 0.25) is 0 Å². The lowest BCUT2D eigenvalue weighted by Gasteiger charge is -1.97. The van der Waals surface area contributed by atoms with Gasteiger partial charge in [-0.15, -0.1) is 11.8 Å². The summed E-state index contributed by atoms with van der Waals surface area (Å²) >= 11 is 1.64. The van der Waals surface area contributed by atoms with Crippen LogP contribution in [0.15, 0.2) is 21.1 Å². The molecule has 0 unspecified atom stereocenters. The van der Waals surface area contributed by atoms with Crippen LogP contribution >= 0.6 is 11.8 Å². The van der Waals surface area contributed by atoms with Crippen LogP contribution in [0.3, 0.4) is 0 Å². The van der Waals surface area contributed by atoms with Crippen LogP contribution < -0.4 is 0 Å². The van der Waals surface area contributed by atoms with Gasteiger partial charge in [-0.1, -0.05) is 0 Å². The third-order valence-electron chi connectivity index (χ3n) is 1.20. The van der Waals surface area contributed by atoms with Crippen LogP contribution in [0.4, 0.5) is 0 Å². The molecule has 0 rings (SSSR count). The van der Waals surface area contributed by atoms with Crippen molar-refractivity contribution in [1.29, 1.82) is 0 Å². The molecule has 0 aromatic heterocycles. The average Bonchev–Trinajstić information content (AvgIpc) is 2.03. The Balaban J connectivity index is 4.47. The van der Waals surface area contributed by atoms with E-state index >= 15 is 0 Å². The van der Waals surface area contributed by atoms with Crippen molar-refractivity contribution in [3.8, 4) is 0 Å². The first-order valence-corrected chi connectivity index (χ1v) is 4.70. The third-order valence-corrected chi connectivity index (χ3v) is 1.66. The van der Waals surface area contributed by atoms with Crippen molar-refractivity contribution in [2.45, 2.75) is 13.8 Å². The predicted octanol–water partition coefficient (Wildman–Crippen LogP) is 2.37. The maximum absolute atomic E-state index is 4.17. The van der Waals surface area contributed by atoms with Crippen LogP contribution in [0.25, 0.3) is 0 Å². The van der Waals surface area contributed by atoms with Gasteiger partial charge < -0.3 is 0 Å². The molecule has 0 aliphatic rings. The van der Waals surface area contributed by atoms with Crippen LogP contribution in [-0.2, 0) is 0 Å². The number of hydrogen-bond acceptors (Lipinski definition) is 3. The van der Waals surface area contributed by atoms with Gasteiger partial charge in [0.15, 0.2) is 0 Å². The number of thioether (sulfide) groups is 1. The van der Waals surface area contributed by atoms with Gasteiger partial charge in [-0.25, -0.2) is 0 Å². The lowest BCUT2D eigenvalue weighted by atomic mass is 10.3. The molecule has 0 aromatic carbocycles. The van der Waals surface area contributed by atoms with E-state index in [9.17, 15) is 0 Å². The molecule has 0 fully saturated rings. The van der Waals surface area contributed by atoms with E-state index in [1.54, 1.807) is 25.0 Å². The summed E-state index contributed by atoms with van der Waals surface area (Å²) in [6, 6.07) is 0. The molecule has 0 bridgehead atoms. The molecule has 0 spiro atoms. The molecule has 0 aliphatic carbocycles. The molecule has 0 radical (unpaired) electrons. The van der Waals surface area contributed by atoms with Gasteiger partial charge in [-0.3, -0.25) is 9.98 Å². The van der Waals surface area contributed by atoms with Gasteiger partial charge in [0.25, 0.3) is 0 Å². The first-order chi connectivity index (χ1) is 5.26. The fourth-order valence-electron chi connectivity index (χ4n) is 0.574. The Morgan fingerprint density at radius 3 is 2.45 bits per heavy atom. The number of aliphatic imine (C=N–C) groups is 2. The molecule has 0 saturated heterocycles. The lowest BCUT2D eigenvalue weighted by Crippen LogP contribution is -1.93. The van der Waals surface area contributed by atoms with Gasteiger partial charge in [-0.05, 0) is 25.5 Å². The van der Waals surface area contributed by atoms with Gasteiger partial charge in [0.1, 0.15) is 0 Å². The van der Waals surface area contributed by atoms with E-state index in [0.717, 1.165) is 11.4 Å². The van der Waals surface area contributed by atoms with Crippen molar-refractivity contribution in [2.24, 2.45) is 9.98 Å². The molecule has 0 N–H and O–H groups in total. The van der Waals surface area contributed by atoms with E-state index in [1.807, 2.05) is 25.5 Å². The molecule has 0 amide bonds. The summed E-state index contributed by atoms with van der Waals surface area (Å²) in [5, 5.41) is 1.99. The second-order valence-electron chi connectivity index (χ2n) is 1.94. The molecular weight excluding hydrogens is 156 g/mol. The number of nitrogens with zero attached hydrogens (tertiary/aromatic N) is 2. The molecule has 2 nitrogen and oxygen atoms in total. The normalized spacial score (nSPS) is 14.5. The first kappa shape index (κ1) is 10.4. The molecule has 11 heavy (non-hydrogen) atoms. The summed E-state index contributed by atoms with van der Waals surface area (Å²) in [4.78, 5) is 8.22. The van der Waals surface area contributed by atoms with Gasteiger partial charge in [0, 0.05) is 13.3 Å². The van der Waals surface area contributed by atoms with Crippen LogP contribution in [0.1, 0.15) is 13.8 Å². The predicted molar refractivity (Wildman–Crippen MR) is 54.8 cm³/mol. The Labute approximate surface area is 72.5 Å². The maximum Gasteiger partial charge on any atom is 0.0895 e. The Hall–Kier alpha value is -0.570. The van der Waals surface area contributed by atoms with Crippen molar-refractivity contribution in [3.05, 3.63) is 11.1 Å². The standard InChI is InChI=1S/C8H14N2S/c1-5-10-8(6-11-4)7(2)9-3/h5-6H,1-4H3. The quantitative estimate of drug-likeness (QED) is 0.597. The summed E-state index contributed by atoms with van der Waals surface area (Å²) in [6.07, 6.45) is 3.78. The zero-order valence-electron chi connectivity index (χ0n) is 7.46. The van der Waals surface area contributed by atoms with E-state index in [-0.39, 0.29) is 0 Å².